The van der Waals surface area contributed by atoms with Crippen LogP contribution >= 0.6 is 0 Å². The molecule has 0 aromatic heterocycles. The monoisotopic (exact) mass is 264 g/mol. The number of aromatic hydroxyl groups is 2. The number of rotatable bonds is 3. The third-order valence-electron chi connectivity index (χ3n) is 3.41. The van der Waals surface area contributed by atoms with Crippen LogP contribution in [0.2, 0.25) is 0 Å². The van der Waals surface area contributed by atoms with Crippen molar-refractivity contribution in [2.24, 2.45) is 0 Å². The normalized spacial score (nSPS) is 16.6. The van der Waals surface area contributed by atoms with Crippen LogP contribution in [0, 0.1) is 0 Å². The number of amides is 1. The molecule has 1 aromatic rings. The molecule has 1 fully saturated rings. The summed E-state index contributed by atoms with van der Waals surface area (Å²) in [5.41, 5.74) is 0.170. The molecule has 1 aromatic carbocycles. The van der Waals surface area contributed by atoms with Crippen molar-refractivity contribution in [3.8, 4) is 11.5 Å². The highest BCUT2D eigenvalue weighted by Crippen LogP contribution is 2.23. The molecule has 0 bridgehead atoms. The van der Waals surface area contributed by atoms with Gasteiger partial charge in [0.25, 0.3) is 5.91 Å². The van der Waals surface area contributed by atoms with Gasteiger partial charge in [-0.3, -0.25) is 9.69 Å². The number of carbonyl (C=O) groups is 1. The number of carbonyl (C=O) groups excluding carboxylic acids is 1. The molecule has 1 amide bonds. The number of piperazine rings is 1. The molecular formula is C14H20N2O3. The predicted octanol–water partition coefficient (Wildman–Crippen LogP) is 1.27. The molecular weight excluding hydrogens is 244 g/mol. The Balaban J connectivity index is 2.03. The Morgan fingerprint density at radius 2 is 1.89 bits per heavy atom. The summed E-state index contributed by atoms with van der Waals surface area (Å²) in [7, 11) is 0. The van der Waals surface area contributed by atoms with E-state index in [9.17, 15) is 15.0 Å². The van der Waals surface area contributed by atoms with E-state index in [4.69, 9.17) is 0 Å². The molecule has 0 unspecified atom stereocenters. The zero-order valence-corrected chi connectivity index (χ0v) is 11.2. The van der Waals surface area contributed by atoms with Crippen LogP contribution in [-0.4, -0.2) is 58.6 Å². The van der Waals surface area contributed by atoms with Crippen molar-refractivity contribution in [3.63, 3.8) is 0 Å². The average Bonchev–Trinajstić information content (AvgIpc) is 2.42. The van der Waals surface area contributed by atoms with Crippen LogP contribution in [0.4, 0.5) is 0 Å². The molecule has 1 heterocycles. The van der Waals surface area contributed by atoms with E-state index in [1.807, 2.05) is 0 Å². The first kappa shape index (κ1) is 13.7. The van der Waals surface area contributed by atoms with Gasteiger partial charge in [-0.1, -0.05) is 6.92 Å². The van der Waals surface area contributed by atoms with Crippen molar-refractivity contribution in [2.75, 3.05) is 32.7 Å². The molecule has 5 nitrogen and oxygen atoms in total. The third-order valence-corrected chi connectivity index (χ3v) is 3.41. The van der Waals surface area contributed by atoms with Crippen molar-refractivity contribution < 1.29 is 15.0 Å². The summed E-state index contributed by atoms with van der Waals surface area (Å²) >= 11 is 0. The maximum atomic E-state index is 12.3. The van der Waals surface area contributed by atoms with Crippen LogP contribution in [0.1, 0.15) is 23.7 Å². The second-order valence-corrected chi connectivity index (χ2v) is 4.84. The Kier molecular flexibility index (Phi) is 4.27. The summed E-state index contributed by atoms with van der Waals surface area (Å²) in [6.07, 6.45) is 1.11. The van der Waals surface area contributed by atoms with Gasteiger partial charge in [-0.2, -0.15) is 0 Å². The highest BCUT2D eigenvalue weighted by Gasteiger charge is 2.23. The molecule has 0 saturated carbocycles. The lowest BCUT2D eigenvalue weighted by atomic mass is 10.1. The zero-order chi connectivity index (χ0) is 13.8. The summed E-state index contributed by atoms with van der Waals surface area (Å²) in [4.78, 5) is 16.3. The molecule has 0 atom stereocenters. The summed E-state index contributed by atoms with van der Waals surface area (Å²) in [6, 6.07) is 4.03. The van der Waals surface area contributed by atoms with E-state index in [2.05, 4.69) is 11.8 Å². The molecule has 2 rings (SSSR count). The van der Waals surface area contributed by atoms with Gasteiger partial charge in [-0.15, -0.1) is 0 Å². The standard InChI is InChI=1S/C14H20N2O3/c1-2-5-15-6-8-16(9-7-15)14(19)12-10-11(17)3-4-13(12)18/h3-4,10,17-18H,2,5-9H2,1H3. The van der Waals surface area contributed by atoms with E-state index in [-0.39, 0.29) is 23.0 Å². The fourth-order valence-corrected chi connectivity index (χ4v) is 2.36. The lowest BCUT2D eigenvalue weighted by Gasteiger charge is -2.34. The van der Waals surface area contributed by atoms with Gasteiger partial charge in [-0.05, 0) is 31.2 Å². The quantitative estimate of drug-likeness (QED) is 0.807. The zero-order valence-electron chi connectivity index (χ0n) is 11.2. The van der Waals surface area contributed by atoms with E-state index in [0.29, 0.717) is 13.1 Å². The van der Waals surface area contributed by atoms with Crippen LogP contribution < -0.4 is 0 Å². The van der Waals surface area contributed by atoms with Crippen LogP contribution in [0.15, 0.2) is 18.2 Å². The fourth-order valence-electron chi connectivity index (χ4n) is 2.36. The number of nitrogens with zero attached hydrogens (tertiary/aromatic N) is 2. The van der Waals surface area contributed by atoms with E-state index in [1.54, 1.807) is 4.90 Å². The van der Waals surface area contributed by atoms with Gasteiger partial charge >= 0.3 is 0 Å². The van der Waals surface area contributed by atoms with Gasteiger partial charge in [0.2, 0.25) is 0 Å². The molecule has 1 saturated heterocycles. The van der Waals surface area contributed by atoms with Crippen molar-refractivity contribution in [2.45, 2.75) is 13.3 Å². The van der Waals surface area contributed by atoms with Gasteiger partial charge < -0.3 is 15.1 Å². The van der Waals surface area contributed by atoms with Crippen LogP contribution in [0.5, 0.6) is 11.5 Å². The highest BCUT2D eigenvalue weighted by molar-refractivity contribution is 5.97. The lowest BCUT2D eigenvalue weighted by molar-refractivity contribution is 0.0634. The predicted molar refractivity (Wildman–Crippen MR) is 72.4 cm³/mol. The van der Waals surface area contributed by atoms with Gasteiger partial charge in [0, 0.05) is 26.2 Å². The smallest absolute Gasteiger partial charge is 0.257 e. The average molecular weight is 264 g/mol. The topological polar surface area (TPSA) is 64.0 Å². The second kappa shape index (κ2) is 5.93. The molecule has 0 aliphatic carbocycles. The largest absolute Gasteiger partial charge is 0.508 e. The Morgan fingerprint density at radius 3 is 2.53 bits per heavy atom. The summed E-state index contributed by atoms with van der Waals surface area (Å²) in [6.45, 7) is 6.24. The fraction of sp³-hybridized carbons (Fsp3) is 0.500. The molecule has 0 spiro atoms. The van der Waals surface area contributed by atoms with Crippen LogP contribution in [0.25, 0.3) is 0 Å². The minimum Gasteiger partial charge on any atom is -0.508 e. The Morgan fingerprint density at radius 1 is 1.21 bits per heavy atom. The van der Waals surface area contributed by atoms with Gasteiger partial charge in [0.05, 0.1) is 5.56 Å². The first-order valence-electron chi connectivity index (χ1n) is 6.65. The maximum Gasteiger partial charge on any atom is 0.257 e. The molecule has 0 radical (unpaired) electrons. The molecule has 5 heteroatoms. The Hall–Kier alpha value is -1.75. The highest BCUT2D eigenvalue weighted by atomic mass is 16.3. The molecule has 19 heavy (non-hydrogen) atoms. The Bertz CT molecular complexity index is 454. The number of hydrogen-bond donors (Lipinski definition) is 2. The molecule has 1 aliphatic rings. The van der Waals surface area contributed by atoms with Crippen molar-refractivity contribution in [1.82, 2.24) is 9.80 Å². The van der Waals surface area contributed by atoms with Gasteiger partial charge in [0.1, 0.15) is 11.5 Å². The Labute approximate surface area is 113 Å². The van der Waals surface area contributed by atoms with Crippen molar-refractivity contribution >= 4 is 5.91 Å². The summed E-state index contributed by atoms with van der Waals surface area (Å²) in [5.74, 6) is -0.311. The van der Waals surface area contributed by atoms with Crippen molar-refractivity contribution in [3.05, 3.63) is 23.8 Å². The van der Waals surface area contributed by atoms with Crippen LogP contribution in [0.3, 0.4) is 0 Å². The number of phenols is 2. The van der Waals surface area contributed by atoms with E-state index in [0.717, 1.165) is 26.1 Å². The molecule has 104 valence electrons. The van der Waals surface area contributed by atoms with Gasteiger partial charge in [-0.25, -0.2) is 0 Å². The van der Waals surface area contributed by atoms with Crippen molar-refractivity contribution in [1.29, 1.82) is 0 Å². The second-order valence-electron chi connectivity index (χ2n) is 4.84. The van der Waals surface area contributed by atoms with Crippen LogP contribution in [-0.2, 0) is 0 Å². The van der Waals surface area contributed by atoms with E-state index in [1.165, 1.54) is 18.2 Å². The van der Waals surface area contributed by atoms with E-state index < -0.39 is 0 Å². The SMILES string of the molecule is CCCN1CCN(C(=O)c2cc(O)ccc2O)CC1. The minimum absolute atomic E-state index is 0.00855. The summed E-state index contributed by atoms with van der Waals surface area (Å²) in [5, 5.41) is 19.1. The molecule has 2 N–H and O–H groups in total. The lowest BCUT2D eigenvalue weighted by Crippen LogP contribution is -2.48. The number of phenolic OH excluding ortho intramolecular Hbond substituents is 2. The van der Waals surface area contributed by atoms with E-state index >= 15 is 0 Å². The minimum atomic E-state index is -0.218. The molecule has 1 aliphatic heterocycles. The van der Waals surface area contributed by atoms with Gasteiger partial charge in [0.15, 0.2) is 0 Å². The summed E-state index contributed by atoms with van der Waals surface area (Å²) < 4.78 is 0. The number of hydrogen-bond acceptors (Lipinski definition) is 4. The first-order chi connectivity index (χ1) is 9.11. The number of benzene rings is 1. The first-order valence-corrected chi connectivity index (χ1v) is 6.65. The maximum absolute atomic E-state index is 12.3. The third kappa shape index (κ3) is 3.17.